The summed E-state index contributed by atoms with van der Waals surface area (Å²) in [5.74, 6) is 0.429. The number of hydrogen-bond acceptors (Lipinski definition) is 5. The topological polar surface area (TPSA) is 78.3 Å². The third kappa shape index (κ3) is 2.52. The van der Waals surface area contributed by atoms with Gasteiger partial charge in [0.15, 0.2) is 0 Å². The third-order valence-corrected chi connectivity index (χ3v) is 3.34. The fourth-order valence-electron chi connectivity index (χ4n) is 2.75. The van der Waals surface area contributed by atoms with Crippen molar-refractivity contribution in [3.8, 4) is 0 Å². The molecule has 2 N–H and O–H groups in total. The van der Waals surface area contributed by atoms with Crippen LogP contribution in [0.4, 0.5) is 0 Å². The van der Waals surface area contributed by atoms with Gasteiger partial charge in [-0.05, 0) is 13.8 Å². The molecule has 19 heavy (non-hydrogen) atoms. The fraction of sp³-hybridized carbons (Fsp3) is 0.583. The highest BCUT2D eigenvalue weighted by Crippen LogP contribution is 2.08. The molecule has 0 aliphatic carbocycles. The van der Waals surface area contributed by atoms with Gasteiger partial charge in [0.05, 0.1) is 5.69 Å². The van der Waals surface area contributed by atoms with Crippen LogP contribution in [0.3, 0.4) is 0 Å². The average Bonchev–Trinajstić information content (AvgIpc) is 2.75. The standard InChI is InChI=1S/C12H18N6O/c1-8-4-17(5-9(2)15-8)6-10-3-11(19)18-12(16-10)13-7-14-18/h3,7-9,15H,4-6H2,1-2H3,(H,13,14,16). The normalized spacial score (nSPS) is 24.9. The molecule has 0 amide bonds. The number of piperazine rings is 1. The fourth-order valence-corrected chi connectivity index (χ4v) is 2.75. The molecule has 0 spiro atoms. The van der Waals surface area contributed by atoms with Crippen LogP contribution >= 0.6 is 0 Å². The molecule has 0 bridgehead atoms. The maximum atomic E-state index is 11.9. The summed E-state index contributed by atoms with van der Waals surface area (Å²) in [4.78, 5) is 22.6. The van der Waals surface area contributed by atoms with E-state index < -0.39 is 0 Å². The summed E-state index contributed by atoms with van der Waals surface area (Å²) in [6.45, 7) is 6.95. The summed E-state index contributed by atoms with van der Waals surface area (Å²) in [5, 5.41) is 6.23. The predicted molar refractivity (Wildman–Crippen MR) is 70.9 cm³/mol. The van der Waals surface area contributed by atoms with E-state index in [0.29, 0.717) is 24.4 Å². The molecule has 1 aliphatic rings. The molecule has 2 aromatic heterocycles. The predicted octanol–water partition coefficient (Wildman–Crippen LogP) is -0.400. The zero-order valence-electron chi connectivity index (χ0n) is 11.1. The van der Waals surface area contributed by atoms with Crippen LogP contribution in [0.2, 0.25) is 0 Å². The Morgan fingerprint density at radius 3 is 2.84 bits per heavy atom. The van der Waals surface area contributed by atoms with Crippen molar-refractivity contribution in [2.45, 2.75) is 32.5 Å². The molecule has 2 aromatic rings. The number of aromatic nitrogens is 4. The number of H-pyrrole nitrogens is 1. The van der Waals surface area contributed by atoms with Crippen LogP contribution in [0, 0.1) is 0 Å². The zero-order valence-corrected chi connectivity index (χ0v) is 11.1. The van der Waals surface area contributed by atoms with Gasteiger partial charge in [-0.15, -0.1) is 0 Å². The molecule has 1 saturated heterocycles. The lowest BCUT2D eigenvalue weighted by atomic mass is 10.1. The Balaban J connectivity index is 1.83. The van der Waals surface area contributed by atoms with Gasteiger partial charge in [0, 0.05) is 37.8 Å². The van der Waals surface area contributed by atoms with E-state index in [9.17, 15) is 4.79 Å². The number of hydrogen-bond donors (Lipinski definition) is 2. The molecule has 1 aliphatic heterocycles. The van der Waals surface area contributed by atoms with Crippen molar-refractivity contribution in [2.75, 3.05) is 13.1 Å². The minimum Gasteiger partial charge on any atom is -0.309 e. The van der Waals surface area contributed by atoms with Crippen LogP contribution in [0.15, 0.2) is 17.2 Å². The maximum absolute atomic E-state index is 11.9. The highest BCUT2D eigenvalue weighted by atomic mass is 16.1. The number of rotatable bonds is 2. The van der Waals surface area contributed by atoms with Gasteiger partial charge >= 0.3 is 0 Å². The van der Waals surface area contributed by atoms with Crippen LogP contribution in [-0.2, 0) is 6.54 Å². The van der Waals surface area contributed by atoms with E-state index in [-0.39, 0.29) is 5.56 Å². The molecular formula is C12H18N6O. The molecule has 3 heterocycles. The van der Waals surface area contributed by atoms with Gasteiger partial charge in [-0.2, -0.15) is 4.52 Å². The van der Waals surface area contributed by atoms with E-state index >= 15 is 0 Å². The molecule has 0 radical (unpaired) electrons. The Morgan fingerprint density at radius 2 is 2.11 bits per heavy atom. The van der Waals surface area contributed by atoms with E-state index in [1.807, 2.05) is 0 Å². The number of fused-ring (bicyclic) bond motifs is 1. The summed E-state index contributed by atoms with van der Waals surface area (Å²) >= 11 is 0. The second-order valence-electron chi connectivity index (χ2n) is 5.27. The maximum Gasteiger partial charge on any atom is 0.274 e. The van der Waals surface area contributed by atoms with Crippen LogP contribution < -0.4 is 10.9 Å². The molecule has 3 rings (SSSR count). The summed E-state index contributed by atoms with van der Waals surface area (Å²) in [7, 11) is 0. The second kappa shape index (κ2) is 4.75. The molecular weight excluding hydrogens is 244 g/mol. The quantitative estimate of drug-likeness (QED) is 0.770. The Labute approximate surface area is 110 Å². The van der Waals surface area contributed by atoms with Gasteiger partial charge in [0.2, 0.25) is 0 Å². The Bertz CT molecular complexity index is 622. The first kappa shape index (κ1) is 12.3. The Morgan fingerprint density at radius 1 is 1.37 bits per heavy atom. The minimum absolute atomic E-state index is 0.117. The van der Waals surface area contributed by atoms with E-state index in [0.717, 1.165) is 18.8 Å². The summed E-state index contributed by atoms with van der Waals surface area (Å²) in [5.41, 5.74) is 0.659. The first-order valence-corrected chi connectivity index (χ1v) is 6.52. The first-order valence-electron chi connectivity index (χ1n) is 6.52. The van der Waals surface area contributed by atoms with Gasteiger partial charge in [0.1, 0.15) is 6.33 Å². The van der Waals surface area contributed by atoms with Crippen molar-refractivity contribution < 1.29 is 0 Å². The average molecular weight is 262 g/mol. The van der Waals surface area contributed by atoms with Crippen molar-refractivity contribution in [1.29, 1.82) is 0 Å². The van der Waals surface area contributed by atoms with Gasteiger partial charge in [-0.3, -0.25) is 14.8 Å². The van der Waals surface area contributed by atoms with Crippen LogP contribution in [-0.4, -0.2) is 49.7 Å². The van der Waals surface area contributed by atoms with Gasteiger partial charge in [0.25, 0.3) is 11.3 Å². The van der Waals surface area contributed by atoms with Crippen molar-refractivity contribution in [3.63, 3.8) is 0 Å². The van der Waals surface area contributed by atoms with Crippen LogP contribution in [0.25, 0.3) is 5.78 Å². The molecule has 102 valence electrons. The molecule has 7 nitrogen and oxygen atoms in total. The number of nitrogens with one attached hydrogen (secondary N) is 2. The lowest BCUT2D eigenvalue weighted by Gasteiger charge is -2.35. The Kier molecular flexibility index (Phi) is 3.08. The molecule has 2 unspecified atom stereocenters. The highest BCUT2D eigenvalue weighted by Gasteiger charge is 2.21. The molecule has 0 aromatic carbocycles. The van der Waals surface area contributed by atoms with Gasteiger partial charge in [-0.1, -0.05) is 0 Å². The van der Waals surface area contributed by atoms with Crippen LogP contribution in [0.1, 0.15) is 19.5 Å². The monoisotopic (exact) mass is 262 g/mol. The van der Waals surface area contributed by atoms with Crippen molar-refractivity contribution in [1.82, 2.24) is 29.8 Å². The molecule has 2 atom stereocenters. The van der Waals surface area contributed by atoms with E-state index in [1.54, 1.807) is 6.07 Å². The van der Waals surface area contributed by atoms with Crippen LogP contribution in [0.5, 0.6) is 0 Å². The summed E-state index contributed by atoms with van der Waals surface area (Å²) < 4.78 is 1.34. The second-order valence-corrected chi connectivity index (χ2v) is 5.27. The van der Waals surface area contributed by atoms with E-state index in [4.69, 9.17) is 0 Å². The molecule has 0 saturated carbocycles. The van der Waals surface area contributed by atoms with Gasteiger partial charge in [-0.25, -0.2) is 9.97 Å². The van der Waals surface area contributed by atoms with Crippen molar-refractivity contribution in [3.05, 3.63) is 28.4 Å². The lowest BCUT2D eigenvalue weighted by molar-refractivity contribution is 0.165. The highest BCUT2D eigenvalue weighted by molar-refractivity contribution is 5.26. The number of aromatic amines is 1. The smallest absolute Gasteiger partial charge is 0.274 e. The Hall–Kier alpha value is -1.73. The number of nitrogens with zero attached hydrogens (tertiary/aromatic N) is 4. The largest absolute Gasteiger partial charge is 0.309 e. The van der Waals surface area contributed by atoms with Crippen molar-refractivity contribution in [2.24, 2.45) is 0 Å². The molecule has 1 fully saturated rings. The summed E-state index contributed by atoms with van der Waals surface area (Å²) in [6.07, 6.45) is 1.47. The SMILES string of the molecule is CC1CN(Cc2cc(=O)n3[nH]cnc3n2)CC(C)N1. The zero-order chi connectivity index (χ0) is 13.4. The van der Waals surface area contributed by atoms with E-state index in [2.05, 4.69) is 39.1 Å². The lowest BCUT2D eigenvalue weighted by Crippen LogP contribution is -2.53. The van der Waals surface area contributed by atoms with Gasteiger partial charge < -0.3 is 5.32 Å². The summed E-state index contributed by atoms with van der Waals surface area (Å²) in [6, 6.07) is 2.49. The van der Waals surface area contributed by atoms with Crippen molar-refractivity contribution >= 4 is 5.78 Å². The molecule has 7 heteroatoms. The first-order chi connectivity index (χ1) is 9.11. The third-order valence-electron chi connectivity index (χ3n) is 3.34. The van der Waals surface area contributed by atoms with E-state index in [1.165, 1.54) is 10.8 Å². The minimum atomic E-state index is -0.117.